The summed E-state index contributed by atoms with van der Waals surface area (Å²) in [6, 6.07) is 9.63. The van der Waals surface area contributed by atoms with E-state index in [1.807, 2.05) is 30.3 Å². The van der Waals surface area contributed by atoms with Crippen molar-refractivity contribution in [1.82, 2.24) is 0 Å². The molecule has 0 fully saturated rings. The Hall–Kier alpha value is -1.83. The van der Waals surface area contributed by atoms with Gasteiger partial charge in [-0.25, -0.2) is 0 Å². The number of aldehydes is 1. The maximum atomic E-state index is 10.1. The van der Waals surface area contributed by atoms with E-state index in [1.54, 1.807) is 6.08 Å². The van der Waals surface area contributed by atoms with Crippen molar-refractivity contribution in [2.24, 2.45) is 0 Å². The smallest absolute Gasteiger partial charge is 0.142 e. The van der Waals surface area contributed by atoms with E-state index in [9.17, 15) is 4.79 Å². The van der Waals surface area contributed by atoms with Crippen LogP contribution in [0.15, 0.2) is 40.8 Å². The zero-order valence-electron chi connectivity index (χ0n) is 6.94. The minimum Gasteiger partial charge on any atom is -0.457 e. The molecular weight excluding hydrogens is 164 g/mol. The fraction of sp³-hybridized carbons (Fsp3) is 0. The monoisotopic (exact) mass is 172 g/mol. The molecule has 0 aliphatic carbocycles. The minimum atomic E-state index is 0.702. The van der Waals surface area contributed by atoms with Crippen LogP contribution in [0.25, 0.3) is 17.0 Å². The van der Waals surface area contributed by atoms with Crippen molar-refractivity contribution in [2.45, 2.75) is 0 Å². The van der Waals surface area contributed by atoms with Gasteiger partial charge in [-0.05, 0) is 24.3 Å². The fourth-order valence-electron chi connectivity index (χ4n) is 1.22. The number of hydrogen-bond acceptors (Lipinski definition) is 2. The van der Waals surface area contributed by atoms with Gasteiger partial charge in [0, 0.05) is 5.39 Å². The van der Waals surface area contributed by atoms with Crippen molar-refractivity contribution < 1.29 is 9.21 Å². The van der Waals surface area contributed by atoms with E-state index in [2.05, 4.69) is 0 Å². The lowest BCUT2D eigenvalue weighted by Crippen LogP contribution is -1.60. The van der Waals surface area contributed by atoms with Gasteiger partial charge >= 0.3 is 0 Å². The summed E-state index contributed by atoms with van der Waals surface area (Å²) in [5, 5.41) is 1.05. The van der Waals surface area contributed by atoms with Gasteiger partial charge in [0.05, 0.1) is 0 Å². The van der Waals surface area contributed by atoms with Gasteiger partial charge in [-0.15, -0.1) is 0 Å². The summed E-state index contributed by atoms with van der Waals surface area (Å²) in [5.41, 5.74) is 0.841. The summed E-state index contributed by atoms with van der Waals surface area (Å²) in [6.45, 7) is 0. The second kappa shape index (κ2) is 3.27. The summed E-state index contributed by atoms with van der Waals surface area (Å²) >= 11 is 0. The molecule has 0 aliphatic heterocycles. The molecule has 0 saturated carbocycles. The summed E-state index contributed by atoms with van der Waals surface area (Å²) in [4.78, 5) is 10.1. The molecule has 0 bridgehead atoms. The van der Waals surface area contributed by atoms with Gasteiger partial charge in [0.2, 0.25) is 0 Å². The molecule has 2 nitrogen and oxygen atoms in total. The third-order valence-corrected chi connectivity index (χ3v) is 1.78. The molecule has 0 atom stereocenters. The van der Waals surface area contributed by atoms with Gasteiger partial charge < -0.3 is 4.42 Å². The molecule has 2 aromatic rings. The van der Waals surface area contributed by atoms with Crippen LogP contribution in [0, 0.1) is 0 Å². The van der Waals surface area contributed by atoms with Crippen molar-refractivity contribution in [3.8, 4) is 0 Å². The Morgan fingerprint density at radius 1 is 1.23 bits per heavy atom. The number of benzene rings is 1. The topological polar surface area (TPSA) is 30.2 Å². The maximum absolute atomic E-state index is 10.1. The summed E-state index contributed by atoms with van der Waals surface area (Å²) in [5.74, 6) is 0.702. The molecule has 0 spiro atoms. The highest BCUT2D eigenvalue weighted by molar-refractivity contribution is 5.81. The van der Waals surface area contributed by atoms with Gasteiger partial charge in [-0.2, -0.15) is 0 Å². The molecular formula is C11H8O2. The van der Waals surface area contributed by atoms with Gasteiger partial charge in [-0.1, -0.05) is 18.2 Å². The van der Waals surface area contributed by atoms with E-state index in [1.165, 1.54) is 6.08 Å². The lowest BCUT2D eigenvalue weighted by molar-refractivity contribution is -0.104. The van der Waals surface area contributed by atoms with Crippen LogP contribution in [0.2, 0.25) is 0 Å². The quantitative estimate of drug-likeness (QED) is 0.515. The van der Waals surface area contributed by atoms with Crippen molar-refractivity contribution in [3.63, 3.8) is 0 Å². The SMILES string of the molecule is O=CC=Cc1cc2ccccc2o1. The average molecular weight is 172 g/mol. The van der Waals surface area contributed by atoms with Gasteiger partial charge in [0.1, 0.15) is 17.6 Å². The largest absolute Gasteiger partial charge is 0.457 e. The number of hydrogen-bond donors (Lipinski definition) is 0. The van der Waals surface area contributed by atoms with E-state index in [-0.39, 0.29) is 0 Å². The molecule has 1 heterocycles. The Bertz CT molecular complexity index is 419. The van der Waals surface area contributed by atoms with Crippen LogP contribution in [0.4, 0.5) is 0 Å². The van der Waals surface area contributed by atoms with Crippen LogP contribution in [-0.4, -0.2) is 6.29 Å². The highest BCUT2D eigenvalue weighted by atomic mass is 16.3. The zero-order valence-corrected chi connectivity index (χ0v) is 6.94. The summed E-state index contributed by atoms with van der Waals surface area (Å²) in [6.07, 6.45) is 3.79. The fourth-order valence-corrected chi connectivity index (χ4v) is 1.22. The zero-order chi connectivity index (χ0) is 9.10. The number of allylic oxidation sites excluding steroid dienone is 1. The molecule has 0 aliphatic rings. The molecule has 64 valence electrons. The lowest BCUT2D eigenvalue weighted by Gasteiger charge is -1.82. The third kappa shape index (κ3) is 1.51. The van der Waals surface area contributed by atoms with Crippen LogP contribution in [-0.2, 0) is 4.79 Å². The van der Waals surface area contributed by atoms with Gasteiger partial charge in [0.15, 0.2) is 0 Å². The van der Waals surface area contributed by atoms with Gasteiger partial charge in [0.25, 0.3) is 0 Å². The Labute approximate surface area is 75.5 Å². The lowest BCUT2D eigenvalue weighted by atomic mass is 10.2. The van der Waals surface area contributed by atoms with E-state index in [4.69, 9.17) is 4.42 Å². The normalized spacial score (nSPS) is 11.1. The molecule has 13 heavy (non-hydrogen) atoms. The predicted octanol–water partition coefficient (Wildman–Crippen LogP) is 2.64. The van der Waals surface area contributed by atoms with Crippen molar-refractivity contribution in [3.05, 3.63) is 42.2 Å². The number of para-hydroxylation sites is 1. The predicted molar refractivity (Wildman–Crippen MR) is 51.3 cm³/mol. The van der Waals surface area contributed by atoms with Crippen LogP contribution in [0.1, 0.15) is 5.76 Å². The molecule has 0 amide bonds. The molecule has 0 N–H and O–H groups in total. The standard InChI is InChI=1S/C11H8O2/c12-7-3-5-10-8-9-4-1-2-6-11(9)13-10/h1-8H. The van der Waals surface area contributed by atoms with E-state index >= 15 is 0 Å². The third-order valence-electron chi connectivity index (χ3n) is 1.78. The minimum absolute atomic E-state index is 0.702. The van der Waals surface area contributed by atoms with Crippen LogP contribution < -0.4 is 0 Å². The maximum Gasteiger partial charge on any atom is 0.142 e. The summed E-state index contributed by atoms with van der Waals surface area (Å²) < 4.78 is 5.42. The number of carbonyl (C=O) groups is 1. The highest BCUT2D eigenvalue weighted by Crippen LogP contribution is 2.19. The van der Waals surface area contributed by atoms with E-state index in [0.29, 0.717) is 5.76 Å². The molecule has 0 saturated heterocycles. The van der Waals surface area contributed by atoms with E-state index in [0.717, 1.165) is 17.3 Å². The highest BCUT2D eigenvalue weighted by Gasteiger charge is 1.97. The van der Waals surface area contributed by atoms with Crippen LogP contribution in [0.3, 0.4) is 0 Å². The van der Waals surface area contributed by atoms with Crippen molar-refractivity contribution in [2.75, 3.05) is 0 Å². The Balaban J connectivity index is 2.49. The Morgan fingerprint density at radius 3 is 2.85 bits per heavy atom. The first-order valence-electron chi connectivity index (χ1n) is 4.00. The van der Waals surface area contributed by atoms with Crippen LogP contribution >= 0.6 is 0 Å². The summed E-state index contributed by atoms with van der Waals surface area (Å²) in [7, 11) is 0. The second-order valence-corrected chi connectivity index (χ2v) is 2.68. The first-order chi connectivity index (χ1) is 6.40. The average Bonchev–Trinajstić information content (AvgIpc) is 2.57. The number of fused-ring (bicyclic) bond motifs is 1. The molecule has 1 aromatic heterocycles. The van der Waals surface area contributed by atoms with Gasteiger partial charge in [-0.3, -0.25) is 4.79 Å². The second-order valence-electron chi connectivity index (χ2n) is 2.68. The first kappa shape index (κ1) is 7.80. The molecule has 2 rings (SSSR count). The number of carbonyl (C=O) groups excluding carboxylic acids is 1. The molecule has 1 aromatic carbocycles. The van der Waals surface area contributed by atoms with Crippen molar-refractivity contribution >= 4 is 23.3 Å². The number of furan rings is 1. The molecule has 2 heteroatoms. The molecule has 0 unspecified atom stereocenters. The Kier molecular flexibility index (Phi) is 1.96. The van der Waals surface area contributed by atoms with Crippen LogP contribution in [0.5, 0.6) is 0 Å². The molecule has 0 radical (unpaired) electrons. The first-order valence-corrected chi connectivity index (χ1v) is 4.00. The Morgan fingerprint density at radius 2 is 2.08 bits per heavy atom. The number of rotatable bonds is 2. The van der Waals surface area contributed by atoms with Crippen molar-refractivity contribution in [1.29, 1.82) is 0 Å². The van der Waals surface area contributed by atoms with E-state index < -0.39 is 0 Å².